The molecule has 1 aliphatic heterocycles. The van der Waals surface area contributed by atoms with Crippen LogP contribution in [-0.2, 0) is 4.74 Å². The number of aliphatic hydroxyl groups is 1. The van der Waals surface area contributed by atoms with Gasteiger partial charge < -0.3 is 25.2 Å². The SMILES string of the molecule is Cc1ccc(OCCN)c(C(=O)N2CCOCC2CO)c1. The Labute approximate surface area is 124 Å². The van der Waals surface area contributed by atoms with Crippen molar-refractivity contribution in [3.8, 4) is 5.75 Å². The summed E-state index contributed by atoms with van der Waals surface area (Å²) in [5.74, 6) is 0.382. The van der Waals surface area contributed by atoms with Crippen LogP contribution < -0.4 is 10.5 Å². The molecule has 21 heavy (non-hydrogen) atoms. The van der Waals surface area contributed by atoms with Gasteiger partial charge in [0.2, 0.25) is 0 Å². The molecule has 1 saturated heterocycles. The van der Waals surface area contributed by atoms with Crippen LogP contribution in [0.4, 0.5) is 0 Å². The van der Waals surface area contributed by atoms with Crippen molar-refractivity contribution in [1.82, 2.24) is 4.90 Å². The van der Waals surface area contributed by atoms with Crippen molar-refractivity contribution in [3.63, 3.8) is 0 Å². The Kier molecular flexibility index (Phi) is 5.55. The molecule has 1 aromatic carbocycles. The quantitative estimate of drug-likeness (QED) is 0.808. The number of hydrogen-bond acceptors (Lipinski definition) is 5. The van der Waals surface area contributed by atoms with E-state index in [1.165, 1.54) is 0 Å². The number of aryl methyl sites for hydroxylation is 1. The number of hydrogen-bond donors (Lipinski definition) is 2. The average molecular weight is 294 g/mol. The summed E-state index contributed by atoms with van der Waals surface area (Å²) in [6.07, 6.45) is 0. The maximum atomic E-state index is 12.8. The minimum Gasteiger partial charge on any atom is -0.491 e. The first kappa shape index (κ1) is 15.8. The molecule has 0 aromatic heterocycles. The summed E-state index contributed by atoms with van der Waals surface area (Å²) in [6, 6.07) is 5.17. The maximum Gasteiger partial charge on any atom is 0.258 e. The first-order chi connectivity index (χ1) is 10.2. The Morgan fingerprint density at radius 3 is 3.10 bits per heavy atom. The lowest BCUT2D eigenvalue weighted by Crippen LogP contribution is -2.50. The monoisotopic (exact) mass is 294 g/mol. The minimum atomic E-state index is -0.311. The molecule has 6 heteroatoms. The second kappa shape index (κ2) is 7.40. The highest BCUT2D eigenvalue weighted by Crippen LogP contribution is 2.23. The minimum absolute atomic E-state index is 0.115. The molecule has 1 aromatic rings. The standard InChI is InChI=1S/C15H22N2O4/c1-11-2-3-14(21-6-4-16)13(8-11)15(19)17-5-7-20-10-12(17)9-18/h2-3,8,12,18H,4-7,9-10,16H2,1H3. The first-order valence-electron chi connectivity index (χ1n) is 7.10. The van der Waals surface area contributed by atoms with E-state index in [0.717, 1.165) is 5.56 Å². The molecule has 6 nitrogen and oxygen atoms in total. The van der Waals surface area contributed by atoms with Gasteiger partial charge in [-0.3, -0.25) is 4.79 Å². The zero-order chi connectivity index (χ0) is 15.2. The molecule has 2 rings (SSSR count). The molecule has 0 saturated carbocycles. The number of ether oxygens (including phenoxy) is 2. The van der Waals surface area contributed by atoms with Crippen molar-refractivity contribution in [1.29, 1.82) is 0 Å². The smallest absolute Gasteiger partial charge is 0.258 e. The van der Waals surface area contributed by atoms with E-state index in [9.17, 15) is 9.90 Å². The molecule has 1 unspecified atom stereocenters. The number of benzene rings is 1. The van der Waals surface area contributed by atoms with Crippen LogP contribution in [0, 0.1) is 6.92 Å². The molecule has 116 valence electrons. The van der Waals surface area contributed by atoms with Crippen LogP contribution >= 0.6 is 0 Å². The molecule has 3 N–H and O–H groups in total. The van der Waals surface area contributed by atoms with Crippen molar-refractivity contribution in [2.24, 2.45) is 5.73 Å². The van der Waals surface area contributed by atoms with Crippen LogP contribution in [0.15, 0.2) is 18.2 Å². The lowest BCUT2D eigenvalue weighted by molar-refractivity contribution is -0.0185. The van der Waals surface area contributed by atoms with E-state index in [0.29, 0.717) is 44.2 Å². The van der Waals surface area contributed by atoms with Crippen molar-refractivity contribution >= 4 is 5.91 Å². The Morgan fingerprint density at radius 2 is 2.38 bits per heavy atom. The van der Waals surface area contributed by atoms with Crippen molar-refractivity contribution < 1.29 is 19.4 Å². The number of aliphatic hydroxyl groups excluding tert-OH is 1. The van der Waals surface area contributed by atoms with E-state index in [1.54, 1.807) is 17.0 Å². The average Bonchev–Trinajstić information content (AvgIpc) is 2.53. The normalized spacial score (nSPS) is 18.6. The van der Waals surface area contributed by atoms with E-state index in [2.05, 4.69) is 0 Å². The highest BCUT2D eigenvalue weighted by atomic mass is 16.5. The summed E-state index contributed by atoms with van der Waals surface area (Å²) >= 11 is 0. The zero-order valence-corrected chi connectivity index (χ0v) is 12.2. The summed E-state index contributed by atoms with van der Waals surface area (Å²) in [4.78, 5) is 14.4. The molecule has 1 atom stereocenters. The van der Waals surface area contributed by atoms with Crippen molar-refractivity contribution in [2.45, 2.75) is 13.0 Å². The summed E-state index contributed by atoms with van der Waals surface area (Å²) in [5.41, 5.74) is 6.93. The van der Waals surface area contributed by atoms with Gasteiger partial charge in [-0.2, -0.15) is 0 Å². The lowest BCUT2D eigenvalue weighted by atomic mass is 10.1. The van der Waals surface area contributed by atoms with Gasteiger partial charge in [0, 0.05) is 13.1 Å². The van der Waals surface area contributed by atoms with E-state index in [4.69, 9.17) is 15.2 Å². The van der Waals surface area contributed by atoms with Crippen molar-refractivity contribution in [2.75, 3.05) is 39.5 Å². The Hall–Kier alpha value is -1.63. The lowest BCUT2D eigenvalue weighted by Gasteiger charge is -2.34. The molecule has 0 bridgehead atoms. The molecule has 1 heterocycles. The van der Waals surface area contributed by atoms with Crippen LogP contribution in [0.3, 0.4) is 0 Å². The number of rotatable bonds is 5. The highest BCUT2D eigenvalue weighted by Gasteiger charge is 2.29. The van der Waals surface area contributed by atoms with Crippen LogP contribution in [0.1, 0.15) is 15.9 Å². The summed E-state index contributed by atoms with van der Waals surface area (Å²) in [6.45, 7) is 3.85. The number of amides is 1. The Morgan fingerprint density at radius 1 is 1.57 bits per heavy atom. The molecular formula is C15H22N2O4. The molecule has 0 radical (unpaired) electrons. The second-order valence-electron chi connectivity index (χ2n) is 5.05. The van der Waals surface area contributed by atoms with Gasteiger partial charge >= 0.3 is 0 Å². The fourth-order valence-corrected chi connectivity index (χ4v) is 2.33. The van der Waals surface area contributed by atoms with Gasteiger partial charge in [-0.05, 0) is 19.1 Å². The molecular weight excluding hydrogens is 272 g/mol. The topological polar surface area (TPSA) is 85.0 Å². The molecule has 1 aliphatic rings. The fraction of sp³-hybridized carbons (Fsp3) is 0.533. The Balaban J connectivity index is 2.26. The molecule has 0 aliphatic carbocycles. The highest BCUT2D eigenvalue weighted by molar-refractivity contribution is 5.97. The van der Waals surface area contributed by atoms with Crippen molar-refractivity contribution in [3.05, 3.63) is 29.3 Å². The summed E-state index contributed by atoms with van der Waals surface area (Å²) in [7, 11) is 0. The fourth-order valence-electron chi connectivity index (χ4n) is 2.33. The number of morpholine rings is 1. The van der Waals surface area contributed by atoms with Crippen LogP contribution in [-0.4, -0.2) is 61.5 Å². The number of carbonyl (C=O) groups excluding carboxylic acids is 1. The van der Waals surface area contributed by atoms with Gasteiger partial charge in [-0.25, -0.2) is 0 Å². The predicted molar refractivity (Wildman–Crippen MR) is 78.5 cm³/mol. The van der Waals surface area contributed by atoms with E-state index in [1.807, 2.05) is 13.0 Å². The molecule has 1 fully saturated rings. The zero-order valence-electron chi connectivity index (χ0n) is 12.2. The van der Waals surface area contributed by atoms with E-state index >= 15 is 0 Å². The van der Waals surface area contributed by atoms with E-state index < -0.39 is 0 Å². The van der Waals surface area contributed by atoms with Crippen LogP contribution in [0.25, 0.3) is 0 Å². The Bertz CT molecular complexity index is 493. The summed E-state index contributed by atoms with van der Waals surface area (Å²) < 4.78 is 10.9. The van der Waals surface area contributed by atoms with Gasteiger partial charge in [0.1, 0.15) is 12.4 Å². The molecule has 1 amide bonds. The predicted octanol–water partition coefficient (Wildman–Crippen LogP) is 0.166. The van der Waals surface area contributed by atoms with Gasteiger partial charge in [-0.1, -0.05) is 11.6 Å². The third-order valence-electron chi connectivity index (χ3n) is 3.44. The first-order valence-corrected chi connectivity index (χ1v) is 7.10. The van der Waals surface area contributed by atoms with Gasteiger partial charge in [0.25, 0.3) is 5.91 Å². The van der Waals surface area contributed by atoms with Crippen LogP contribution in [0.5, 0.6) is 5.75 Å². The number of nitrogens with two attached hydrogens (primary N) is 1. The molecule has 0 spiro atoms. The van der Waals surface area contributed by atoms with Gasteiger partial charge in [0.05, 0.1) is 31.4 Å². The third kappa shape index (κ3) is 3.72. The number of nitrogens with zero attached hydrogens (tertiary/aromatic N) is 1. The largest absolute Gasteiger partial charge is 0.491 e. The van der Waals surface area contributed by atoms with Gasteiger partial charge in [0.15, 0.2) is 0 Å². The summed E-state index contributed by atoms with van der Waals surface area (Å²) in [5, 5.41) is 9.40. The maximum absolute atomic E-state index is 12.8. The van der Waals surface area contributed by atoms with E-state index in [-0.39, 0.29) is 18.6 Å². The van der Waals surface area contributed by atoms with Gasteiger partial charge in [-0.15, -0.1) is 0 Å². The van der Waals surface area contributed by atoms with Crippen LogP contribution in [0.2, 0.25) is 0 Å². The third-order valence-corrected chi connectivity index (χ3v) is 3.44. The number of carbonyl (C=O) groups is 1. The second-order valence-corrected chi connectivity index (χ2v) is 5.05.